The highest BCUT2D eigenvalue weighted by Crippen LogP contribution is 2.37. The second-order valence-corrected chi connectivity index (χ2v) is 9.00. The molecule has 1 aliphatic carbocycles. The van der Waals surface area contributed by atoms with Crippen molar-refractivity contribution in [2.45, 2.75) is 90.3 Å². The second-order valence-electron chi connectivity index (χ2n) is 9.00. The number of unbranched alkanes of at least 4 members (excludes halogenated alkanes) is 4. The Bertz CT molecular complexity index is 907. The number of aryl methyl sites for hydroxylation is 1. The molecule has 3 rings (SSSR count). The van der Waals surface area contributed by atoms with Crippen LogP contribution in [0.1, 0.15) is 87.3 Å². The molecule has 0 unspecified atom stereocenters. The van der Waals surface area contributed by atoms with Gasteiger partial charge in [0.05, 0.1) is 19.3 Å². The van der Waals surface area contributed by atoms with Crippen molar-refractivity contribution >= 4 is 0 Å². The third kappa shape index (κ3) is 6.72. The normalized spacial score (nSPS) is 18.5. The molecule has 0 amide bonds. The first kappa shape index (κ1) is 25.5. The molecule has 1 aliphatic rings. The largest absolute Gasteiger partial charge is 0.490 e. The molecule has 2 aromatic carbocycles. The molecule has 1 fully saturated rings. The summed E-state index contributed by atoms with van der Waals surface area (Å²) < 4.78 is 68.3. The molecule has 0 bridgehead atoms. The first-order valence-corrected chi connectivity index (χ1v) is 12.1. The Morgan fingerprint density at radius 2 is 1.52 bits per heavy atom. The highest BCUT2D eigenvalue weighted by Gasteiger charge is 2.27. The van der Waals surface area contributed by atoms with Gasteiger partial charge in [-0.05, 0) is 62.1 Å². The molecular weight excluding hydrogens is 432 g/mol. The minimum Gasteiger partial charge on any atom is -0.490 e. The summed E-state index contributed by atoms with van der Waals surface area (Å²) in [6, 6.07) is 6.22. The summed E-state index contributed by atoms with van der Waals surface area (Å²) in [5.41, 5.74) is 0.816. The molecule has 1 saturated carbocycles. The van der Waals surface area contributed by atoms with Crippen molar-refractivity contribution in [1.29, 1.82) is 0 Å². The lowest BCUT2D eigenvalue weighted by Gasteiger charge is -2.29. The molecule has 6 heteroatoms. The Labute approximate surface area is 194 Å². The summed E-state index contributed by atoms with van der Waals surface area (Å²) in [7, 11) is 0. The molecule has 182 valence electrons. The molecule has 0 saturated heterocycles. The van der Waals surface area contributed by atoms with Gasteiger partial charge in [0, 0.05) is 5.56 Å². The monoisotopic (exact) mass is 466 g/mol. The summed E-state index contributed by atoms with van der Waals surface area (Å²) >= 11 is 0. The summed E-state index contributed by atoms with van der Waals surface area (Å²) in [6.07, 6.45) is 7.77. The van der Waals surface area contributed by atoms with Crippen molar-refractivity contribution in [2.24, 2.45) is 0 Å². The Morgan fingerprint density at radius 1 is 0.788 bits per heavy atom. The van der Waals surface area contributed by atoms with Gasteiger partial charge in [0.25, 0.3) is 0 Å². The van der Waals surface area contributed by atoms with E-state index in [1.807, 2.05) is 0 Å². The fourth-order valence-corrected chi connectivity index (χ4v) is 4.41. The Balaban J connectivity index is 1.49. The minimum absolute atomic E-state index is 0.00810. The van der Waals surface area contributed by atoms with E-state index in [1.54, 1.807) is 6.07 Å². The molecule has 0 radical (unpaired) electrons. The lowest BCUT2D eigenvalue weighted by Crippen LogP contribution is -2.21. The number of hydrogen-bond acceptors (Lipinski definition) is 2. The SMILES string of the molecule is CCCCCCCOc1ccc(C2CCC(OCc3ccc(C)c(F)c3F)CC2)c(F)c1F. The van der Waals surface area contributed by atoms with Gasteiger partial charge in [0.1, 0.15) is 0 Å². The van der Waals surface area contributed by atoms with E-state index in [0.717, 1.165) is 25.7 Å². The van der Waals surface area contributed by atoms with Crippen molar-refractivity contribution in [3.8, 4) is 5.75 Å². The maximum Gasteiger partial charge on any atom is 0.200 e. The summed E-state index contributed by atoms with van der Waals surface area (Å²) in [5.74, 6) is -3.60. The van der Waals surface area contributed by atoms with Crippen LogP contribution in [0, 0.1) is 30.2 Å². The van der Waals surface area contributed by atoms with Crippen molar-refractivity contribution in [3.63, 3.8) is 0 Å². The minimum atomic E-state index is -0.920. The molecule has 0 aliphatic heterocycles. The van der Waals surface area contributed by atoms with Gasteiger partial charge >= 0.3 is 0 Å². The predicted molar refractivity (Wildman–Crippen MR) is 121 cm³/mol. The molecule has 0 aromatic heterocycles. The number of benzene rings is 2. The van der Waals surface area contributed by atoms with Crippen molar-refractivity contribution < 1.29 is 27.0 Å². The highest BCUT2D eigenvalue weighted by molar-refractivity contribution is 5.33. The average molecular weight is 467 g/mol. The van der Waals surface area contributed by atoms with Crippen LogP contribution in [0.15, 0.2) is 24.3 Å². The Kier molecular flexibility index (Phi) is 9.60. The van der Waals surface area contributed by atoms with Gasteiger partial charge in [-0.15, -0.1) is 0 Å². The smallest absolute Gasteiger partial charge is 0.200 e. The van der Waals surface area contributed by atoms with Crippen LogP contribution in [-0.4, -0.2) is 12.7 Å². The van der Waals surface area contributed by atoms with Crippen molar-refractivity contribution in [2.75, 3.05) is 6.61 Å². The van der Waals surface area contributed by atoms with Gasteiger partial charge in [-0.25, -0.2) is 13.2 Å². The van der Waals surface area contributed by atoms with E-state index in [1.165, 1.54) is 31.5 Å². The van der Waals surface area contributed by atoms with Crippen LogP contribution in [0.2, 0.25) is 0 Å². The van der Waals surface area contributed by atoms with E-state index in [0.29, 0.717) is 37.9 Å². The number of rotatable bonds is 11. The van der Waals surface area contributed by atoms with Crippen LogP contribution in [-0.2, 0) is 11.3 Å². The number of ether oxygens (including phenoxy) is 2. The van der Waals surface area contributed by atoms with E-state index >= 15 is 0 Å². The first-order valence-electron chi connectivity index (χ1n) is 12.1. The van der Waals surface area contributed by atoms with E-state index in [9.17, 15) is 17.6 Å². The fourth-order valence-electron chi connectivity index (χ4n) is 4.41. The van der Waals surface area contributed by atoms with Crippen LogP contribution in [0.4, 0.5) is 17.6 Å². The lowest BCUT2D eigenvalue weighted by molar-refractivity contribution is 0.0116. The standard InChI is InChI=1S/C27H34F4O2/c1-3-4-5-6-7-16-32-23-15-14-22(26(30)27(23)31)19-10-12-21(13-11-19)33-17-20-9-8-18(2)24(28)25(20)29/h8-9,14-15,19,21H,3-7,10-13,16-17H2,1-2H3. The number of hydrogen-bond donors (Lipinski definition) is 0. The van der Waals surface area contributed by atoms with Gasteiger partial charge in [0.15, 0.2) is 23.2 Å². The maximum atomic E-state index is 14.7. The summed E-state index contributed by atoms with van der Waals surface area (Å²) in [4.78, 5) is 0. The Hall–Kier alpha value is -2.08. The van der Waals surface area contributed by atoms with E-state index < -0.39 is 23.3 Å². The van der Waals surface area contributed by atoms with Crippen molar-refractivity contribution in [1.82, 2.24) is 0 Å². The average Bonchev–Trinajstić information content (AvgIpc) is 2.82. The predicted octanol–water partition coefficient (Wildman–Crippen LogP) is 8.14. The van der Waals surface area contributed by atoms with Crippen molar-refractivity contribution in [3.05, 3.63) is 64.2 Å². The molecule has 2 nitrogen and oxygen atoms in total. The maximum absolute atomic E-state index is 14.7. The van der Waals surface area contributed by atoms with Gasteiger partial charge in [-0.3, -0.25) is 0 Å². The van der Waals surface area contributed by atoms with E-state index in [4.69, 9.17) is 9.47 Å². The molecule has 0 atom stereocenters. The zero-order valence-electron chi connectivity index (χ0n) is 19.6. The van der Waals surface area contributed by atoms with Crippen LogP contribution in [0.3, 0.4) is 0 Å². The van der Waals surface area contributed by atoms with Gasteiger partial charge < -0.3 is 9.47 Å². The molecule has 0 spiro atoms. The van der Waals surface area contributed by atoms with Gasteiger partial charge in [-0.1, -0.05) is 50.8 Å². The summed E-state index contributed by atoms with van der Waals surface area (Å²) in [6.45, 7) is 4.03. The van der Waals surface area contributed by atoms with Crippen LogP contribution in [0.25, 0.3) is 0 Å². The van der Waals surface area contributed by atoms with E-state index in [2.05, 4.69) is 6.92 Å². The van der Waals surface area contributed by atoms with E-state index in [-0.39, 0.29) is 35.5 Å². The fraction of sp³-hybridized carbons (Fsp3) is 0.556. The van der Waals surface area contributed by atoms with Crippen LogP contribution < -0.4 is 4.74 Å². The highest BCUT2D eigenvalue weighted by atomic mass is 19.2. The summed E-state index contributed by atoms with van der Waals surface area (Å²) in [5, 5.41) is 0. The van der Waals surface area contributed by atoms with Gasteiger partial charge in [-0.2, -0.15) is 4.39 Å². The van der Waals surface area contributed by atoms with Gasteiger partial charge in [0.2, 0.25) is 5.82 Å². The topological polar surface area (TPSA) is 18.5 Å². The quantitative estimate of drug-likeness (QED) is 0.246. The zero-order valence-corrected chi connectivity index (χ0v) is 19.6. The molecule has 0 N–H and O–H groups in total. The Morgan fingerprint density at radius 3 is 2.24 bits per heavy atom. The van der Waals surface area contributed by atoms with Crippen LogP contribution in [0.5, 0.6) is 5.75 Å². The molecular formula is C27H34F4O2. The molecule has 0 heterocycles. The van der Waals surface area contributed by atoms with Crippen LogP contribution >= 0.6 is 0 Å². The third-order valence-electron chi connectivity index (χ3n) is 6.53. The third-order valence-corrected chi connectivity index (χ3v) is 6.53. The second kappa shape index (κ2) is 12.4. The number of halogens is 4. The molecule has 2 aromatic rings. The first-order chi connectivity index (χ1) is 15.9. The zero-order chi connectivity index (χ0) is 23.8. The lowest BCUT2D eigenvalue weighted by atomic mass is 9.82. The molecule has 33 heavy (non-hydrogen) atoms.